The smallest absolute Gasteiger partial charge is 0.255 e. The quantitative estimate of drug-likeness (QED) is 0.928. The minimum atomic E-state index is 0.0943. The Balaban J connectivity index is 2.19. The van der Waals surface area contributed by atoms with E-state index in [2.05, 4.69) is 38.1 Å². The molecule has 122 valence electrons. The lowest BCUT2D eigenvalue weighted by Crippen LogP contribution is -2.31. The minimum absolute atomic E-state index is 0.0943. The van der Waals surface area contributed by atoms with Crippen LogP contribution in [0.15, 0.2) is 35.1 Å². The third-order valence-corrected chi connectivity index (χ3v) is 5.01. The van der Waals surface area contributed by atoms with Gasteiger partial charge in [0, 0.05) is 23.7 Å². The highest BCUT2D eigenvalue weighted by Gasteiger charge is 2.21. The molecule has 1 aromatic carbocycles. The normalized spacial score (nSPS) is 15.8. The topological polar surface area (TPSA) is 48.0 Å². The average Bonchev–Trinajstić information content (AvgIpc) is 2.55. The van der Waals surface area contributed by atoms with E-state index in [-0.39, 0.29) is 5.56 Å². The Kier molecular flexibility index (Phi) is 4.67. The predicted octanol–water partition coefficient (Wildman–Crippen LogP) is 4.10. The van der Waals surface area contributed by atoms with E-state index in [1.807, 2.05) is 10.6 Å². The van der Waals surface area contributed by atoms with Gasteiger partial charge in [-0.15, -0.1) is 0 Å². The highest BCUT2D eigenvalue weighted by molar-refractivity contribution is 5.65. The third kappa shape index (κ3) is 3.11. The largest absolute Gasteiger partial charge is 0.326 e. The lowest BCUT2D eigenvalue weighted by atomic mass is 9.93. The van der Waals surface area contributed by atoms with Crippen LogP contribution in [0.1, 0.15) is 54.8 Å². The Labute approximate surface area is 138 Å². The predicted molar refractivity (Wildman–Crippen MR) is 95.6 cm³/mol. The van der Waals surface area contributed by atoms with Crippen LogP contribution in [-0.4, -0.2) is 4.57 Å². The van der Waals surface area contributed by atoms with Crippen molar-refractivity contribution >= 4 is 0 Å². The van der Waals surface area contributed by atoms with Crippen LogP contribution >= 0.6 is 0 Å². The van der Waals surface area contributed by atoms with Gasteiger partial charge in [-0.25, -0.2) is 0 Å². The summed E-state index contributed by atoms with van der Waals surface area (Å²) in [4.78, 5) is 13.0. The molecule has 3 rings (SSSR count). The second kappa shape index (κ2) is 6.71. The second-order valence-electron chi connectivity index (χ2n) is 6.73. The zero-order valence-corrected chi connectivity index (χ0v) is 14.1. The summed E-state index contributed by atoms with van der Waals surface area (Å²) in [6.07, 6.45) is 5.87. The summed E-state index contributed by atoms with van der Waals surface area (Å²) in [6.45, 7) is 4.52. The Morgan fingerprint density at radius 3 is 2.48 bits per heavy atom. The fourth-order valence-electron chi connectivity index (χ4n) is 3.77. The molecule has 1 aliphatic rings. The minimum Gasteiger partial charge on any atom is -0.326 e. The molecule has 1 saturated carbocycles. The molecule has 0 saturated heterocycles. The summed E-state index contributed by atoms with van der Waals surface area (Å²) in [5.74, 6) is 0. The van der Waals surface area contributed by atoms with Crippen molar-refractivity contribution < 1.29 is 0 Å². The van der Waals surface area contributed by atoms with E-state index in [1.165, 1.54) is 30.4 Å². The number of pyridine rings is 1. The number of aromatic nitrogens is 1. The lowest BCUT2D eigenvalue weighted by Gasteiger charge is -2.28. The van der Waals surface area contributed by atoms with Gasteiger partial charge in [-0.3, -0.25) is 4.79 Å². The van der Waals surface area contributed by atoms with Crippen LogP contribution in [0.5, 0.6) is 0 Å². The van der Waals surface area contributed by atoms with Gasteiger partial charge in [0.1, 0.15) is 0 Å². The van der Waals surface area contributed by atoms with Gasteiger partial charge in [-0.1, -0.05) is 49.1 Å². The van der Waals surface area contributed by atoms with Gasteiger partial charge < -0.3 is 10.3 Å². The Bertz CT molecular complexity index is 755. The number of rotatable bonds is 3. The summed E-state index contributed by atoms with van der Waals surface area (Å²) in [5, 5.41) is 0. The monoisotopic (exact) mass is 310 g/mol. The molecule has 3 nitrogen and oxygen atoms in total. The van der Waals surface area contributed by atoms with Crippen molar-refractivity contribution in [3.05, 3.63) is 57.4 Å². The standard InChI is InChI=1S/C20H26N2O/c1-14-8-10-18(15(2)12-14)19-11-9-16(13-21)20(23)22(19)17-6-4-3-5-7-17/h8-12,17H,3-7,13,21H2,1-2H3. The number of nitrogens with zero attached hydrogens (tertiary/aromatic N) is 1. The maximum absolute atomic E-state index is 13.0. The van der Waals surface area contributed by atoms with Crippen LogP contribution in [-0.2, 0) is 6.54 Å². The van der Waals surface area contributed by atoms with Crippen LogP contribution in [0.3, 0.4) is 0 Å². The molecule has 0 radical (unpaired) electrons. The van der Waals surface area contributed by atoms with E-state index in [1.54, 1.807) is 0 Å². The SMILES string of the molecule is Cc1ccc(-c2ccc(CN)c(=O)n2C2CCCCC2)c(C)c1. The molecule has 1 aromatic heterocycles. The first-order valence-corrected chi connectivity index (χ1v) is 8.64. The Morgan fingerprint density at radius 2 is 1.83 bits per heavy atom. The highest BCUT2D eigenvalue weighted by Crippen LogP contribution is 2.32. The molecule has 0 unspecified atom stereocenters. The molecular formula is C20H26N2O. The van der Waals surface area contributed by atoms with Gasteiger partial charge in [-0.05, 0) is 38.3 Å². The number of benzene rings is 1. The number of aryl methyl sites for hydroxylation is 2. The zero-order chi connectivity index (χ0) is 16.4. The summed E-state index contributed by atoms with van der Waals surface area (Å²) in [7, 11) is 0. The summed E-state index contributed by atoms with van der Waals surface area (Å²) in [5.41, 5.74) is 11.2. The van der Waals surface area contributed by atoms with Gasteiger partial charge in [0.25, 0.3) is 5.56 Å². The van der Waals surface area contributed by atoms with E-state index in [4.69, 9.17) is 5.73 Å². The third-order valence-electron chi connectivity index (χ3n) is 5.01. The van der Waals surface area contributed by atoms with Crippen molar-refractivity contribution in [3.8, 4) is 11.3 Å². The van der Waals surface area contributed by atoms with Crippen LogP contribution in [0.25, 0.3) is 11.3 Å². The number of nitrogens with two attached hydrogens (primary N) is 1. The second-order valence-corrected chi connectivity index (χ2v) is 6.73. The molecule has 0 aliphatic heterocycles. The lowest BCUT2D eigenvalue weighted by molar-refractivity contribution is 0.348. The molecule has 23 heavy (non-hydrogen) atoms. The molecule has 3 heteroatoms. The molecule has 2 aromatic rings. The molecule has 1 aliphatic carbocycles. The van der Waals surface area contributed by atoms with Gasteiger partial charge in [0.05, 0.1) is 5.69 Å². The molecule has 1 fully saturated rings. The van der Waals surface area contributed by atoms with E-state index in [0.717, 1.165) is 24.1 Å². The molecule has 0 bridgehead atoms. The Hall–Kier alpha value is -1.87. The number of hydrogen-bond acceptors (Lipinski definition) is 2. The number of hydrogen-bond donors (Lipinski definition) is 1. The van der Waals surface area contributed by atoms with Crippen LogP contribution < -0.4 is 11.3 Å². The maximum Gasteiger partial charge on any atom is 0.255 e. The fourth-order valence-corrected chi connectivity index (χ4v) is 3.77. The van der Waals surface area contributed by atoms with Crippen molar-refractivity contribution in [3.63, 3.8) is 0 Å². The zero-order valence-electron chi connectivity index (χ0n) is 14.1. The van der Waals surface area contributed by atoms with E-state index in [9.17, 15) is 4.79 Å². The van der Waals surface area contributed by atoms with Crippen molar-refractivity contribution in [2.75, 3.05) is 0 Å². The van der Waals surface area contributed by atoms with Crippen molar-refractivity contribution in [2.45, 2.75) is 58.5 Å². The van der Waals surface area contributed by atoms with Gasteiger partial charge in [0.15, 0.2) is 0 Å². The van der Waals surface area contributed by atoms with E-state index >= 15 is 0 Å². The van der Waals surface area contributed by atoms with Gasteiger partial charge in [0.2, 0.25) is 0 Å². The van der Waals surface area contributed by atoms with E-state index in [0.29, 0.717) is 18.2 Å². The first-order chi connectivity index (χ1) is 11.1. The summed E-state index contributed by atoms with van der Waals surface area (Å²) >= 11 is 0. The fraction of sp³-hybridized carbons (Fsp3) is 0.450. The van der Waals surface area contributed by atoms with Crippen molar-refractivity contribution in [2.24, 2.45) is 5.73 Å². The molecule has 0 spiro atoms. The van der Waals surface area contributed by atoms with Crippen LogP contribution in [0.2, 0.25) is 0 Å². The first-order valence-electron chi connectivity index (χ1n) is 8.64. The first kappa shape index (κ1) is 16.0. The van der Waals surface area contributed by atoms with Crippen LogP contribution in [0.4, 0.5) is 0 Å². The maximum atomic E-state index is 13.0. The molecular weight excluding hydrogens is 284 g/mol. The molecule has 2 N–H and O–H groups in total. The average molecular weight is 310 g/mol. The summed E-state index contributed by atoms with van der Waals surface area (Å²) < 4.78 is 2.03. The molecule has 0 atom stereocenters. The van der Waals surface area contributed by atoms with E-state index < -0.39 is 0 Å². The molecule has 1 heterocycles. The Morgan fingerprint density at radius 1 is 1.09 bits per heavy atom. The van der Waals surface area contributed by atoms with Crippen LogP contribution in [0, 0.1) is 13.8 Å². The van der Waals surface area contributed by atoms with Gasteiger partial charge >= 0.3 is 0 Å². The highest BCUT2D eigenvalue weighted by atomic mass is 16.1. The van der Waals surface area contributed by atoms with Gasteiger partial charge in [-0.2, -0.15) is 0 Å². The van der Waals surface area contributed by atoms with Crippen molar-refractivity contribution in [1.29, 1.82) is 0 Å². The summed E-state index contributed by atoms with van der Waals surface area (Å²) in [6, 6.07) is 10.7. The van der Waals surface area contributed by atoms with Crippen molar-refractivity contribution in [1.82, 2.24) is 4.57 Å². The molecule has 0 amide bonds.